The fourth-order valence-electron chi connectivity index (χ4n) is 3.76. The fourth-order valence-corrected chi connectivity index (χ4v) is 3.76. The van der Waals surface area contributed by atoms with Gasteiger partial charge in [-0.15, -0.1) is 0 Å². The zero-order valence-corrected chi connectivity index (χ0v) is 17.2. The van der Waals surface area contributed by atoms with Gasteiger partial charge in [-0.2, -0.15) is 0 Å². The summed E-state index contributed by atoms with van der Waals surface area (Å²) in [6.45, 7) is 4.56. The molecule has 3 aromatic rings. The second-order valence-corrected chi connectivity index (χ2v) is 7.59. The monoisotopic (exact) mass is 372 g/mol. The molecule has 0 bridgehead atoms. The maximum absolute atomic E-state index is 9.25. The lowest BCUT2D eigenvalue weighted by molar-refractivity contribution is 0.282. The van der Waals surface area contributed by atoms with Gasteiger partial charge in [0.2, 0.25) is 0 Å². The number of aliphatic hydroxyl groups is 1. The first-order chi connectivity index (χ1) is 13.7. The van der Waals surface area contributed by atoms with Crippen molar-refractivity contribution in [2.75, 3.05) is 0 Å². The minimum absolute atomic E-state index is 0.0917. The first-order valence-electron chi connectivity index (χ1n) is 10.7. The minimum atomic E-state index is 0.0917. The third-order valence-corrected chi connectivity index (χ3v) is 5.54. The highest BCUT2D eigenvalue weighted by Crippen LogP contribution is 2.30. The molecule has 0 unspecified atom stereocenters. The summed E-state index contributed by atoms with van der Waals surface area (Å²) in [5, 5.41) is 9.25. The lowest BCUT2D eigenvalue weighted by atomic mass is 9.93. The Hall–Kier alpha value is -2.38. The van der Waals surface area contributed by atoms with E-state index in [9.17, 15) is 5.11 Å². The average Bonchev–Trinajstić information content (AvgIpc) is 2.77. The van der Waals surface area contributed by atoms with E-state index in [1.807, 2.05) is 12.1 Å². The Balaban J connectivity index is 1.77. The van der Waals surface area contributed by atoms with Crippen LogP contribution in [0.4, 0.5) is 0 Å². The van der Waals surface area contributed by atoms with Crippen molar-refractivity contribution in [2.24, 2.45) is 0 Å². The Labute approximate surface area is 170 Å². The van der Waals surface area contributed by atoms with E-state index in [-0.39, 0.29) is 6.61 Å². The number of rotatable bonds is 9. The van der Waals surface area contributed by atoms with E-state index >= 15 is 0 Å². The molecular weight excluding hydrogens is 340 g/mol. The van der Waals surface area contributed by atoms with Gasteiger partial charge in [0.15, 0.2) is 0 Å². The van der Waals surface area contributed by atoms with Crippen molar-refractivity contribution in [1.29, 1.82) is 0 Å². The predicted octanol–water partition coefficient (Wildman–Crippen LogP) is 7.20. The number of benzene rings is 3. The number of hydrogen-bond donors (Lipinski definition) is 1. The lowest BCUT2D eigenvalue weighted by Crippen LogP contribution is -1.91. The summed E-state index contributed by atoms with van der Waals surface area (Å²) in [4.78, 5) is 0. The molecule has 28 heavy (non-hydrogen) atoms. The Morgan fingerprint density at radius 1 is 0.643 bits per heavy atom. The molecule has 3 aromatic carbocycles. The molecule has 0 saturated heterocycles. The summed E-state index contributed by atoms with van der Waals surface area (Å²) in [6, 6.07) is 24.1. The Morgan fingerprint density at radius 3 is 1.93 bits per heavy atom. The van der Waals surface area contributed by atoms with Crippen molar-refractivity contribution in [2.45, 2.75) is 59.0 Å². The molecule has 1 nitrogen and oxygen atoms in total. The highest BCUT2D eigenvalue weighted by atomic mass is 16.3. The number of hydrogen-bond acceptors (Lipinski definition) is 1. The highest BCUT2D eigenvalue weighted by molar-refractivity contribution is 5.74. The van der Waals surface area contributed by atoms with Gasteiger partial charge in [0, 0.05) is 0 Å². The van der Waals surface area contributed by atoms with Crippen LogP contribution >= 0.6 is 0 Å². The average molecular weight is 373 g/mol. The molecule has 0 heterocycles. The maximum Gasteiger partial charge on any atom is 0.0681 e. The van der Waals surface area contributed by atoms with Crippen LogP contribution in [0.2, 0.25) is 0 Å². The second-order valence-electron chi connectivity index (χ2n) is 7.59. The van der Waals surface area contributed by atoms with Crippen LogP contribution in [0.15, 0.2) is 66.7 Å². The van der Waals surface area contributed by atoms with Crippen LogP contribution in [0.3, 0.4) is 0 Å². The summed E-state index contributed by atoms with van der Waals surface area (Å²) in [6.07, 6.45) is 7.44. The summed E-state index contributed by atoms with van der Waals surface area (Å²) < 4.78 is 0. The standard InChI is InChI=1S/C27H32O/c1-3-5-6-7-8-21-9-13-24(14-10-21)26-17-18-27(23(4-2)19-26)25-15-11-22(20-28)12-16-25/h9-19,28H,3-8,20H2,1-2H3. The summed E-state index contributed by atoms with van der Waals surface area (Å²) >= 11 is 0. The summed E-state index contributed by atoms with van der Waals surface area (Å²) in [5.74, 6) is 0. The minimum Gasteiger partial charge on any atom is -0.392 e. The summed E-state index contributed by atoms with van der Waals surface area (Å²) in [7, 11) is 0. The van der Waals surface area contributed by atoms with Gasteiger partial charge in [0.1, 0.15) is 0 Å². The normalized spacial score (nSPS) is 11.0. The molecule has 3 rings (SSSR count). The first kappa shape index (κ1) is 20.4. The molecule has 0 aromatic heterocycles. The molecule has 0 aliphatic heterocycles. The fraction of sp³-hybridized carbons (Fsp3) is 0.333. The van der Waals surface area contributed by atoms with Gasteiger partial charge in [-0.05, 0) is 58.2 Å². The van der Waals surface area contributed by atoms with Gasteiger partial charge in [-0.1, -0.05) is 99.8 Å². The van der Waals surface area contributed by atoms with E-state index in [1.165, 1.54) is 65.5 Å². The Kier molecular flexibility index (Phi) is 7.45. The van der Waals surface area contributed by atoms with Gasteiger partial charge in [0.25, 0.3) is 0 Å². The van der Waals surface area contributed by atoms with Gasteiger partial charge < -0.3 is 5.11 Å². The largest absolute Gasteiger partial charge is 0.392 e. The van der Waals surface area contributed by atoms with E-state index in [4.69, 9.17) is 0 Å². The van der Waals surface area contributed by atoms with Gasteiger partial charge >= 0.3 is 0 Å². The van der Waals surface area contributed by atoms with Gasteiger partial charge in [0.05, 0.1) is 6.61 Å². The van der Waals surface area contributed by atoms with Crippen molar-refractivity contribution >= 4 is 0 Å². The van der Waals surface area contributed by atoms with Crippen LogP contribution in [0.5, 0.6) is 0 Å². The Morgan fingerprint density at radius 2 is 1.29 bits per heavy atom. The van der Waals surface area contributed by atoms with Crippen molar-refractivity contribution in [1.82, 2.24) is 0 Å². The molecule has 0 aliphatic carbocycles. The molecule has 0 saturated carbocycles. The van der Waals surface area contributed by atoms with Crippen LogP contribution in [0, 0.1) is 0 Å². The molecule has 0 atom stereocenters. The van der Waals surface area contributed by atoms with Crippen molar-refractivity contribution in [3.05, 3.63) is 83.4 Å². The lowest BCUT2D eigenvalue weighted by Gasteiger charge is -2.12. The molecule has 0 aliphatic rings. The molecule has 0 spiro atoms. The SMILES string of the molecule is CCCCCCc1ccc(-c2ccc(-c3ccc(CO)cc3)c(CC)c2)cc1. The van der Waals surface area contributed by atoms with Gasteiger partial charge in [-0.3, -0.25) is 0 Å². The van der Waals surface area contributed by atoms with Crippen molar-refractivity contribution in [3.63, 3.8) is 0 Å². The molecule has 0 amide bonds. The van der Waals surface area contributed by atoms with E-state index in [0.29, 0.717) is 0 Å². The first-order valence-corrected chi connectivity index (χ1v) is 10.7. The highest BCUT2D eigenvalue weighted by Gasteiger charge is 2.07. The second kappa shape index (κ2) is 10.2. The van der Waals surface area contributed by atoms with Crippen LogP contribution < -0.4 is 0 Å². The zero-order chi connectivity index (χ0) is 19.8. The van der Waals surface area contributed by atoms with E-state index in [0.717, 1.165) is 12.0 Å². The van der Waals surface area contributed by atoms with E-state index in [1.54, 1.807) is 0 Å². The molecule has 0 radical (unpaired) electrons. The van der Waals surface area contributed by atoms with Crippen molar-refractivity contribution in [3.8, 4) is 22.3 Å². The topological polar surface area (TPSA) is 20.2 Å². The third kappa shape index (κ3) is 5.11. The quantitative estimate of drug-likeness (QED) is 0.394. The molecule has 146 valence electrons. The van der Waals surface area contributed by atoms with Crippen LogP contribution in [-0.2, 0) is 19.4 Å². The van der Waals surface area contributed by atoms with Crippen molar-refractivity contribution < 1.29 is 5.11 Å². The van der Waals surface area contributed by atoms with E-state index in [2.05, 4.69) is 68.4 Å². The molecule has 1 N–H and O–H groups in total. The third-order valence-electron chi connectivity index (χ3n) is 5.54. The van der Waals surface area contributed by atoms with Crippen LogP contribution in [0.25, 0.3) is 22.3 Å². The number of aliphatic hydroxyl groups excluding tert-OH is 1. The molecule has 1 heteroatoms. The molecule has 0 fully saturated rings. The number of aryl methyl sites for hydroxylation is 2. The molecular formula is C27H32O. The smallest absolute Gasteiger partial charge is 0.0681 e. The zero-order valence-electron chi connectivity index (χ0n) is 17.2. The maximum atomic E-state index is 9.25. The Bertz CT molecular complexity index is 860. The summed E-state index contributed by atoms with van der Waals surface area (Å²) in [5.41, 5.74) is 8.81. The number of unbranched alkanes of at least 4 members (excludes halogenated alkanes) is 3. The predicted molar refractivity (Wildman–Crippen MR) is 120 cm³/mol. The van der Waals surface area contributed by atoms with Crippen LogP contribution in [-0.4, -0.2) is 5.11 Å². The van der Waals surface area contributed by atoms with Crippen LogP contribution in [0.1, 0.15) is 56.2 Å². The van der Waals surface area contributed by atoms with Gasteiger partial charge in [-0.25, -0.2) is 0 Å². The van der Waals surface area contributed by atoms with E-state index < -0.39 is 0 Å².